The zero-order valence-corrected chi connectivity index (χ0v) is 12.3. The summed E-state index contributed by atoms with van der Waals surface area (Å²) in [6.45, 7) is 10.7. The molecule has 4 nitrogen and oxygen atoms in total. The van der Waals surface area contributed by atoms with Crippen LogP contribution in [0.5, 0.6) is 0 Å². The van der Waals surface area contributed by atoms with Crippen molar-refractivity contribution >= 4 is 15.9 Å². The summed E-state index contributed by atoms with van der Waals surface area (Å²) in [5.41, 5.74) is 3.22. The van der Waals surface area contributed by atoms with Gasteiger partial charge >= 0.3 is 0 Å². The molecule has 0 aliphatic carbocycles. The van der Waals surface area contributed by atoms with Crippen LogP contribution in [0.2, 0.25) is 0 Å². The molecule has 1 heterocycles. The maximum Gasteiger partial charge on any atom is 0.0739 e. The highest BCUT2D eigenvalue weighted by Gasteiger charge is 2.09. The van der Waals surface area contributed by atoms with E-state index in [0.29, 0.717) is 13.2 Å². The first-order valence-corrected chi connectivity index (χ1v) is 6.42. The molecule has 0 aromatic carbocycles. The number of aromatic nitrogens is 2. The highest BCUT2D eigenvalue weighted by atomic mass is 79.9. The van der Waals surface area contributed by atoms with E-state index >= 15 is 0 Å². The van der Waals surface area contributed by atoms with E-state index in [1.165, 1.54) is 0 Å². The summed E-state index contributed by atoms with van der Waals surface area (Å²) in [7, 11) is 1.95. The Morgan fingerprint density at radius 1 is 1.59 bits per heavy atom. The number of halogens is 1. The standard InChI is InChI=1S/C12H20BrN3O/c1-9(2)8-17-6-5-14-7-11-12(13)10(3)15-16(11)4/h14H,1,5-8H2,2-4H3. The minimum atomic E-state index is 0.635. The quantitative estimate of drug-likeness (QED) is 0.620. The van der Waals surface area contributed by atoms with Gasteiger partial charge in [-0.15, -0.1) is 0 Å². The molecule has 0 aliphatic heterocycles. The van der Waals surface area contributed by atoms with E-state index < -0.39 is 0 Å². The largest absolute Gasteiger partial charge is 0.376 e. The van der Waals surface area contributed by atoms with Crippen LogP contribution in [0.15, 0.2) is 16.6 Å². The molecule has 17 heavy (non-hydrogen) atoms. The van der Waals surface area contributed by atoms with Gasteiger partial charge < -0.3 is 10.1 Å². The molecule has 0 saturated carbocycles. The molecule has 0 aliphatic rings. The molecule has 0 bridgehead atoms. The van der Waals surface area contributed by atoms with E-state index in [-0.39, 0.29) is 0 Å². The normalized spacial score (nSPS) is 10.8. The van der Waals surface area contributed by atoms with Crippen LogP contribution in [-0.4, -0.2) is 29.5 Å². The average Bonchev–Trinajstić information content (AvgIpc) is 2.48. The second-order valence-corrected chi connectivity index (χ2v) is 4.95. The van der Waals surface area contributed by atoms with Crippen molar-refractivity contribution in [3.05, 3.63) is 28.0 Å². The molecular formula is C12H20BrN3O. The first kappa shape index (κ1) is 14.4. The zero-order valence-electron chi connectivity index (χ0n) is 10.7. The van der Waals surface area contributed by atoms with Crippen LogP contribution in [0, 0.1) is 6.92 Å². The van der Waals surface area contributed by atoms with Crippen LogP contribution in [0.1, 0.15) is 18.3 Å². The fourth-order valence-electron chi connectivity index (χ4n) is 1.47. The summed E-state index contributed by atoms with van der Waals surface area (Å²) < 4.78 is 8.37. The van der Waals surface area contributed by atoms with Gasteiger partial charge in [0.15, 0.2) is 0 Å². The van der Waals surface area contributed by atoms with Crippen molar-refractivity contribution in [3.8, 4) is 0 Å². The van der Waals surface area contributed by atoms with Gasteiger partial charge in [0, 0.05) is 20.1 Å². The first-order chi connectivity index (χ1) is 8.02. The summed E-state index contributed by atoms with van der Waals surface area (Å²) >= 11 is 3.54. The molecule has 1 rings (SSSR count). The Morgan fingerprint density at radius 2 is 2.29 bits per heavy atom. The van der Waals surface area contributed by atoms with Crippen molar-refractivity contribution in [2.24, 2.45) is 7.05 Å². The molecule has 0 amide bonds. The predicted molar refractivity (Wildman–Crippen MR) is 73.0 cm³/mol. The van der Waals surface area contributed by atoms with E-state index in [9.17, 15) is 0 Å². The fraction of sp³-hybridized carbons (Fsp3) is 0.583. The maximum atomic E-state index is 5.40. The Bertz CT molecular complexity index is 387. The minimum Gasteiger partial charge on any atom is -0.376 e. The minimum absolute atomic E-state index is 0.635. The van der Waals surface area contributed by atoms with Gasteiger partial charge in [-0.1, -0.05) is 12.2 Å². The molecule has 0 fully saturated rings. The second-order valence-electron chi connectivity index (χ2n) is 4.16. The van der Waals surface area contributed by atoms with Crippen LogP contribution in [0.25, 0.3) is 0 Å². The number of rotatable bonds is 7. The molecule has 0 saturated heterocycles. The summed E-state index contributed by atoms with van der Waals surface area (Å²) in [6.07, 6.45) is 0. The molecule has 5 heteroatoms. The molecule has 1 aromatic rings. The number of nitrogens with one attached hydrogen (secondary N) is 1. The molecule has 0 radical (unpaired) electrons. The van der Waals surface area contributed by atoms with Crippen LogP contribution < -0.4 is 5.32 Å². The van der Waals surface area contributed by atoms with E-state index in [1.54, 1.807) is 0 Å². The highest BCUT2D eigenvalue weighted by Crippen LogP contribution is 2.19. The van der Waals surface area contributed by atoms with Gasteiger partial charge in [-0.05, 0) is 29.8 Å². The van der Waals surface area contributed by atoms with Crippen molar-refractivity contribution in [2.45, 2.75) is 20.4 Å². The lowest BCUT2D eigenvalue weighted by Gasteiger charge is -2.07. The van der Waals surface area contributed by atoms with E-state index in [4.69, 9.17) is 4.74 Å². The van der Waals surface area contributed by atoms with Gasteiger partial charge in [0.25, 0.3) is 0 Å². The second kappa shape index (κ2) is 6.93. The lowest BCUT2D eigenvalue weighted by atomic mass is 10.3. The molecule has 1 N–H and O–H groups in total. The third kappa shape index (κ3) is 4.61. The van der Waals surface area contributed by atoms with Gasteiger partial charge in [-0.3, -0.25) is 4.68 Å². The molecule has 0 spiro atoms. The van der Waals surface area contributed by atoms with Crippen molar-refractivity contribution in [2.75, 3.05) is 19.8 Å². The summed E-state index contributed by atoms with van der Waals surface area (Å²) in [5, 5.41) is 7.66. The summed E-state index contributed by atoms with van der Waals surface area (Å²) in [4.78, 5) is 0. The third-order valence-corrected chi connectivity index (χ3v) is 3.36. The summed E-state index contributed by atoms with van der Waals surface area (Å²) in [5.74, 6) is 0. The average molecular weight is 302 g/mol. The van der Waals surface area contributed by atoms with Gasteiger partial charge in [0.1, 0.15) is 0 Å². The Hall–Kier alpha value is -0.650. The summed E-state index contributed by atoms with van der Waals surface area (Å²) in [6, 6.07) is 0. The number of aryl methyl sites for hydroxylation is 2. The lowest BCUT2D eigenvalue weighted by molar-refractivity contribution is 0.157. The molecule has 0 atom stereocenters. The van der Waals surface area contributed by atoms with Crippen molar-refractivity contribution in [1.29, 1.82) is 0 Å². The zero-order chi connectivity index (χ0) is 12.8. The van der Waals surface area contributed by atoms with Crippen molar-refractivity contribution in [1.82, 2.24) is 15.1 Å². The topological polar surface area (TPSA) is 39.1 Å². The Kier molecular flexibility index (Phi) is 5.88. The third-order valence-electron chi connectivity index (χ3n) is 2.33. The van der Waals surface area contributed by atoms with Gasteiger partial charge in [-0.25, -0.2) is 0 Å². The number of nitrogens with zero attached hydrogens (tertiary/aromatic N) is 2. The highest BCUT2D eigenvalue weighted by molar-refractivity contribution is 9.10. The maximum absolute atomic E-state index is 5.40. The molecule has 0 unspecified atom stereocenters. The van der Waals surface area contributed by atoms with Crippen LogP contribution in [-0.2, 0) is 18.3 Å². The fourth-order valence-corrected chi connectivity index (χ4v) is 1.95. The first-order valence-electron chi connectivity index (χ1n) is 5.63. The van der Waals surface area contributed by atoms with Crippen molar-refractivity contribution < 1.29 is 4.74 Å². The monoisotopic (exact) mass is 301 g/mol. The van der Waals surface area contributed by atoms with Crippen molar-refractivity contribution in [3.63, 3.8) is 0 Å². The van der Waals surface area contributed by atoms with Gasteiger partial charge in [-0.2, -0.15) is 5.10 Å². The molecule has 96 valence electrons. The predicted octanol–water partition coefficient (Wildman–Crippen LogP) is 2.17. The SMILES string of the molecule is C=C(C)COCCNCc1c(Br)c(C)nn1C. The van der Waals surface area contributed by atoms with Crippen LogP contribution >= 0.6 is 15.9 Å². The van der Waals surface area contributed by atoms with E-state index in [1.807, 2.05) is 25.6 Å². The van der Waals surface area contributed by atoms with E-state index in [2.05, 4.69) is 32.9 Å². The number of hydrogen-bond donors (Lipinski definition) is 1. The Balaban J connectivity index is 2.24. The smallest absolute Gasteiger partial charge is 0.0739 e. The van der Waals surface area contributed by atoms with E-state index in [0.717, 1.165) is 34.5 Å². The molecular weight excluding hydrogens is 282 g/mol. The van der Waals surface area contributed by atoms with Crippen LogP contribution in [0.3, 0.4) is 0 Å². The van der Waals surface area contributed by atoms with Gasteiger partial charge in [0.05, 0.1) is 29.1 Å². The number of hydrogen-bond acceptors (Lipinski definition) is 3. The Morgan fingerprint density at radius 3 is 2.82 bits per heavy atom. The van der Waals surface area contributed by atoms with Crippen LogP contribution in [0.4, 0.5) is 0 Å². The number of ether oxygens (including phenoxy) is 1. The molecule has 1 aromatic heterocycles. The lowest BCUT2D eigenvalue weighted by Crippen LogP contribution is -2.21. The Labute approximate surface area is 111 Å². The van der Waals surface area contributed by atoms with Gasteiger partial charge in [0.2, 0.25) is 0 Å².